The molecule has 0 radical (unpaired) electrons. The Morgan fingerprint density at radius 2 is 1.57 bits per heavy atom. The molecule has 8 heteroatoms. The number of carbonyl (C=O) groups is 1. The van der Waals surface area contributed by atoms with Crippen LogP contribution in [-0.2, 0) is 14.8 Å². The molecule has 3 aromatic carbocycles. The lowest BCUT2D eigenvalue weighted by atomic mass is 10.1. The fourth-order valence-electron chi connectivity index (χ4n) is 4.31. The first-order valence-electron chi connectivity index (χ1n) is 11.9. The van der Waals surface area contributed by atoms with E-state index in [-0.39, 0.29) is 4.90 Å². The highest BCUT2D eigenvalue weighted by Crippen LogP contribution is 2.24. The van der Waals surface area contributed by atoms with E-state index < -0.39 is 22.5 Å². The van der Waals surface area contributed by atoms with E-state index in [9.17, 15) is 13.2 Å². The van der Waals surface area contributed by atoms with Crippen molar-refractivity contribution in [3.63, 3.8) is 0 Å². The van der Waals surface area contributed by atoms with Gasteiger partial charge >= 0.3 is 0 Å². The van der Waals surface area contributed by atoms with Gasteiger partial charge in [0.15, 0.2) is 0 Å². The van der Waals surface area contributed by atoms with Crippen LogP contribution < -0.4 is 9.73 Å². The molecule has 0 fully saturated rings. The summed E-state index contributed by atoms with van der Waals surface area (Å²) in [6.07, 6.45) is 1.58. The van der Waals surface area contributed by atoms with Crippen LogP contribution in [0.5, 0.6) is 0 Å². The molecule has 0 saturated heterocycles. The van der Waals surface area contributed by atoms with Crippen LogP contribution in [0.4, 0.5) is 5.69 Å². The number of anilines is 1. The van der Waals surface area contributed by atoms with Gasteiger partial charge in [-0.05, 0) is 69.7 Å². The van der Waals surface area contributed by atoms with Gasteiger partial charge in [-0.15, -0.1) is 0 Å². The number of aromatic nitrogens is 1. The van der Waals surface area contributed by atoms with Crippen LogP contribution in [-0.4, -0.2) is 31.7 Å². The summed E-state index contributed by atoms with van der Waals surface area (Å²) in [5.74, 6) is -0.553. The summed E-state index contributed by atoms with van der Waals surface area (Å²) in [6.45, 7) is 7.75. The molecule has 0 aliphatic rings. The van der Waals surface area contributed by atoms with Crippen molar-refractivity contribution in [2.24, 2.45) is 5.10 Å². The minimum Gasteiger partial charge on any atom is -0.318 e. The van der Waals surface area contributed by atoms with Crippen molar-refractivity contribution in [2.45, 2.75) is 32.6 Å². The van der Waals surface area contributed by atoms with Gasteiger partial charge < -0.3 is 4.57 Å². The largest absolute Gasteiger partial charge is 0.318 e. The predicted octanol–water partition coefficient (Wildman–Crippen LogP) is 5.06. The molecule has 0 saturated carbocycles. The second-order valence-corrected chi connectivity index (χ2v) is 10.8. The molecular formula is C29H30N4O3S. The monoisotopic (exact) mass is 514 g/mol. The van der Waals surface area contributed by atoms with Gasteiger partial charge in [0.2, 0.25) is 0 Å². The van der Waals surface area contributed by atoms with E-state index >= 15 is 0 Å². The highest BCUT2D eigenvalue weighted by atomic mass is 32.2. The Morgan fingerprint density at radius 3 is 2.22 bits per heavy atom. The Balaban J connectivity index is 1.54. The number of hydrazone groups is 1. The van der Waals surface area contributed by atoms with Gasteiger partial charge in [-0.2, -0.15) is 5.10 Å². The number of hydrogen-bond acceptors (Lipinski definition) is 4. The van der Waals surface area contributed by atoms with E-state index in [2.05, 4.69) is 47.1 Å². The topological polar surface area (TPSA) is 83.8 Å². The van der Waals surface area contributed by atoms with E-state index in [0.29, 0.717) is 5.69 Å². The van der Waals surface area contributed by atoms with Gasteiger partial charge in [0.05, 0.1) is 16.8 Å². The summed E-state index contributed by atoms with van der Waals surface area (Å²) in [5, 5.41) is 4.13. The van der Waals surface area contributed by atoms with Crippen LogP contribution in [0.15, 0.2) is 94.9 Å². The molecule has 190 valence electrons. The lowest BCUT2D eigenvalue weighted by Crippen LogP contribution is -2.39. The van der Waals surface area contributed by atoms with Crippen LogP contribution >= 0.6 is 0 Å². The lowest BCUT2D eigenvalue weighted by Gasteiger charge is -2.23. The summed E-state index contributed by atoms with van der Waals surface area (Å²) in [7, 11) is -3.96. The Hall–Kier alpha value is -4.17. The van der Waals surface area contributed by atoms with Crippen LogP contribution in [0.1, 0.15) is 28.1 Å². The molecule has 0 spiro atoms. The molecule has 7 nitrogen and oxygen atoms in total. The Bertz CT molecular complexity index is 1540. The first kappa shape index (κ1) is 25.9. The zero-order chi connectivity index (χ0) is 26.6. The van der Waals surface area contributed by atoms with E-state index in [1.165, 1.54) is 23.3 Å². The number of nitrogens with one attached hydrogen (secondary N) is 1. The van der Waals surface area contributed by atoms with Gasteiger partial charge in [-0.1, -0.05) is 54.1 Å². The quantitative estimate of drug-likeness (QED) is 0.264. The molecule has 0 bridgehead atoms. The smallest absolute Gasteiger partial charge is 0.264 e. The maximum Gasteiger partial charge on any atom is 0.264 e. The number of aryl methyl sites for hydroxylation is 3. The number of nitrogens with zero attached hydrogens (tertiary/aromatic N) is 3. The average molecular weight is 515 g/mol. The van der Waals surface area contributed by atoms with Gasteiger partial charge in [0, 0.05) is 22.6 Å². The SMILES string of the molecule is Cc1ccc(-n2c(C)cc(/C=N/NC(=O)CN(c3ccccc3)S(=O)(=O)c3ccccc3)c2C)c(C)c1. The molecule has 0 aliphatic carbocycles. The maximum absolute atomic E-state index is 13.3. The van der Waals surface area contributed by atoms with E-state index in [4.69, 9.17) is 0 Å². The highest BCUT2D eigenvalue weighted by molar-refractivity contribution is 7.92. The lowest BCUT2D eigenvalue weighted by molar-refractivity contribution is -0.119. The molecule has 1 aromatic heterocycles. The van der Waals surface area contributed by atoms with Crippen molar-refractivity contribution in [1.82, 2.24) is 9.99 Å². The third kappa shape index (κ3) is 5.65. The van der Waals surface area contributed by atoms with Crippen molar-refractivity contribution in [3.8, 4) is 5.69 Å². The number of benzene rings is 3. The number of para-hydroxylation sites is 1. The number of carbonyl (C=O) groups excluding carboxylic acids is 1. The minimum atomic E-state index is -3.96. The number of amides is 1. The molecule has 0 atom stereocenters. The number of sulfonamides is 1. The molecule has 1 N–H and O–H groups in total. The molecule has 4 aromatic rings. The van der Waals surface area contributed by atoms with Crippen LogP contribution in [0, 0.1) is 27.7 Å². The molecule has 1 heterocycles. The zero-order valence-corrected chi connectivity index (χ0v) is 22.2. The molecule has 0 unspecified atom stereocenters. The van der Waals surface area contributed by atoms with Crippen LogP contribution in [0.3, 0.4) is 0 Å². The molecule has 37 heavy (non-hydrogen) atoms. The predicted molar refractivity (Wildman–Crippen MR) is 148 cm³/mol. The van der Waals surface area contributed by atoms with Gasteiger partial charge in [-0.25, -0.2) is 13.8 Å². The summed E-state index contributed by atoms with van der Waals surface area (Å²) in [4.78, 5) is 12.9. The maximum atomic E-state index is 13.3. The normalized spacial score (nSPS) is 11.6. The molecular weight excluding hydrogens is 484 g/mol. The van der Waals surface area contributed by atoms with Crippen molar-refractivity contribution < 1.29 is 13.2 Å². The van der Waals surface area contributed by atoms with Gasteiger partial charge in [-0.3, -0.25) is 9.10 Å². The fourth-order valence-corrected chi connectivity index (χ4v) is 5.76. The van der Waals surface area contributed by atoms with Crippen molar-refractivity contribution in [2.75, 3.05) is 10.8 Å². The fraction of sp³-hybridized carbons (Fsp3) is 0.172. The van der Waals surface area contributed by atoms with Crippen LogP contribution in [0.2, 0.25) is 0 Å². The third-order valence-electron chi connectivity index (χ3n) is 6.12. The first-order chi connectivity index (χ1) is 17.7. The molecule has 0 aliphatic heterocycles. The summed E-state index contributed by atoms with van der Waals surface area (Å²) >= 11 is 0. The second kappa shape index (κ2) is 10.8. The minimum absolute atomic E-state index is 0.106. The number of rotatable bonds is 8. The highest BCUT2D eigenvalue weighted by Gasteiger charge is 2.26. The van der Waals surface area contributed by atoms with E-state index in [0.717, 1.165) is 26.9 Å². The van der Waals surface area contributed by atoms with Crippen molar-refractivity contribution in [1.29, 1.82) is 0 Å². The van der Waals surface area contributed by atoms with E-state index in [1.54, 1.807) is 54.7 Å². The first-order valence-corrected chi connectivity index (χ1v) is 13.3. The average Bonchev–Trinajstić information content (AvgIpc) is 3.16. The van der Waals surface area contributed by atoms with Crippen molar-refractivity contribution >= 4 is 27.8 Å². The van der Waals surface area contributed by atoms with Gasteiger partial charge in [0.1, 0.15) is 6.54 Å². The second-order valence-electron chi connectivity index (χ2n) is 8.91. The zero-order valence-electron chi connectivity index (χ0n) is 21.3. The van der Waals surface area contributed by atoms with Gasteiger partial charge in [0.25, 0.3) is 15.9 Å². The number of hydrogen-bond donors (Lipinski definition) is 1. The van der Waals surface area contributed by atoms with E-state index in [1.807, 2.05) is 19.9 Å². The van der Waals surface area contributed by atoms with Crippen molar-refractivity contribution in [3.05, 3.63) is 113 Å². The molecule has 4 rings (SSSR count). The summed E-state index contributed by atoms with van der Waals surface area (Å²) in [5.41, 5.74) is 9.22. The molecule has 1 amide bonds. The third-order valence-corrected chi connectivity index (χ3v) is 7.91. The standard InChI is InChI=1S/C29H30N4O3S/c1-21-15-16-28(22(2)17-21)33-23(3)18-25(24(33)4)19-30-31-29(34)20-32(26-11-7-5-8-12-26)37(35,36)27-13-9-6-10-14-27/h5-19H,20H2,1-4H3,(H,31,34)/b30-19+. The Morgan fingerprint density at radius 1 is 0.919 bits per heavy atom. The van der Waals surface area contributed by atoms with Crippen LogP contribution in [0.25, 0.3) is 5.69 Å². The summed E-state index contributed by atoms with van der Waals surface area (Å²) < 4.78 is 29.9. The Labute approximate surface area is 218 Å². The Kier molecular flexibility index (Phi) is 7.59. The summed E-state index contributed by atoms with van der Waals surface area (Å²) in [6, 6.07) is 24.9.